The fraction of sp³-hybridized carbons (Fsp3) is 0.0385. The number of aromatic nitrogens is 2. The van der Waals surface area contributed by atoms with E-state index in [1.165, 1.54) is 36.5 Å². The lowest BCUT2D eigenvalue weighted by molar-refractivity contribution is 0.0924. The minimum atomic E-state index is -3.93. The van der Waals surface area contributed by atoms with Crippen molar-refractivity contribution in [2.45, 2.75) is 11.8 Å². The average molecular weight is 514 g/mol. The van der Waals surface area contributed by atoms with Crippen LogP contribution >= 0.6 is 0 Å². The number of aryl methyl sites for hydroxylation is 1. The van der Waals surface area contributed by atoms with Crippen LogP contribution in [0.25, 0.3) is 0 Å². The summed E-state index contributed by atoms with van der Waals surface area (Å²) >= 11 is 0. The largest absolute Gasteiger partial charge is 0.322 e. The van der Waals surface area contributed by atoms with E-state index < -0.39 is 27.7 Å². The molecule has 1 aliphatic rings. The van der Waals surface area contributed by atoms with Crippen LogP contribution in [-0.2, 0) is 10.0 Å². The van der Waals surface area contributed by atoms with Crippen molar-refractivity contribution in [3.63, 3.8) is 0 Å². The molecule has 0 spiro atoms. The molecular formula is C26H19N5O5S. The number of benzene rings is 3. The van der Waals surface area contributed by atoms with Gasteiger partial charge in [-0.15, -0.1) is 0 Å². The Hall–Kier alpha value is -4.90. The van der Waals surface area contributed by atoms with Gasteiger partial charge in [-0.05, 0) is 67.6 Å². The highest BCUT2D eigenvalue weighted by molar-refractivity contribution is 7.92. The van der Waals surface area contributed by atoms with E-state index in [1.807, 2.05) is 0 Å². The van der Waals surface area contributed by atoms with Crippen LogP contribution < -0.4 is 14.9 Å². The van der Waals surface area contributed by atoms with Crippen molar-refractivity contribution in [3.05, 3.63) is 107 Å². The summed E-state index contributed by atoms with van der Waals surface area (Å²) in [5, 5.41) is 2.68. The predicted molar refractivity (Wildman–Crippen MR) is 136 cm³/mol. The summed E-state index contributed by atoms with van der Waals surface area (Å²) in [6.07, 6.45) is 1.45. The number of nitrogens with zero attached hydrogens (tertiary/aromatic N) is 3. The topological polar surface area (TPSA) is 138 Å². The van der Waals surface area contributed by atoms with Crippen molar-refractivity contribution >= 4 is 45.1 Å². The van der Waals surface area contributed by atoms with Crippen molar-refractivity contribution in [1.29, 1.82) is 0 Å². The number of rotatable bonds is 6. The van der Waals surface area contributed by atoms with E-state index in [2.05, 4.69) is 20.0 Å². The molecule has 3 aromatic carbocycles. The number of hydrogen-bond acceptors (Lipinski definition) is 7. The zero-order chi connectivity index (χ0) is 26.2. The number of imide groups is 1. The summed E-state index contributed by atoms with van der Waals surface area (Å²) in [5.74, 6) is -1.46. The summed E-state index contributed by atoms with van der Waals surface area (Å²) in [7, 11) is -3.93. The molecule has 0 bridgehead atoms. The minimum Gasteiger partial charge on any atom is -0.322 e. The highest BCUT2D eigenvalue weighted by atomic mass is 32.2. The van der Waals surface area contributed by atoms with E-state index in [0.717, 1.165) is 4.90 Å². The number of fused-ring (bicyclic) bond motifs is 1. The Morgan fingerprint density at radius 3 is 2.19 bits per heavy atom. The third kappa shape index (κ3) is 4.67. The van der Waals surface area contributed by atoms with E-state index in [-0.39, 0.29) is 22.1 Å². The molecule has 0 radical (unpaired) electrons. The zero-order valence-electron chi connectivity index (χ0n) is 19.4. The minimum absolute atomic E-state index is 0.0387. The zero-order valence-corrected chi connectivity index (χ0v) is 20.2. The standard InChI is InChI=1S/C26H19N5O5S/c1-16-13-14-27-26(28-16)30-37(35,36)20-11-9-18(10-12-20)29-23(32)17-5-4-6-19(15-17)31-24(33)21-7-2-3-8-22(21)25(31)34/h2-15H,1H3,(H,29,32)(H,27,28,30). The average Bonchev–Trinajstić information content (AvgIpc) is 3.14. The van der Waals surface area contributed by atoms with Crippen molar-refractivity contribution in [2.75, 3.05) is 14.9 Å². The summed E-state index contributed by atoms with van der Waals surface area (Å²) in [6, 6.07) is 19.9. The second-order valence-electron chi connectivity index (χ2n) is 8.15. The Balaban J connectivity index is 1.31. The van der Waals surface area contributed by atoms with Gasteiger partial charge in [0.1, 0.15) is 0 Å². The number of nitrogens with one attached hydrogen (secondary N) is 2. The molecule has 2 heterocycles. The van der Waals surface area contributed by atoms with E-state index in [9.17, 15) is 22.8 Å². The van der Waals surface area contributed by atoms with Crippen molar-refractivity contribution in [2.24, 2.45) is 0 Å². The maximum Gasteiger partial charge on any atom is 0.266 e. The fourth-order valence-corrected chi connectivity index (χ4v) is 4.76. The summed E-state index contributed by atoms with van der Waals surface area (Å²) in [6.45, 7) is 1.71. The van der Waals surface area contributed by atoms with Gasteiger partial charge in [-0.3, -0.25) is 14.4 Å². The molecule has 0 unspecified atom stereocenters. The molecule has 184 valence electrons. The van der Waals surface area contributed by atoms with Crippen LogP contribution in [0.4, 0.5) is 17.3 Å². The molecule has 5 rings (SSSR count). The first-order valence-corrected chi connectivity index (χ1v) is 12.5. The molecular weight excluding hydrogens is 494 g/mol. The Labute approximate surface area is 212 Å². The van der Waals surface area contributed by atoms with Gasteiger partial charge in [0.2, 0.25) is 5.95 Å². The molecule has 37 heavy (non-hydrogen) atoms. The summed E-state index contributed by atoms with van der Waals surface area (Å²) < 4.78 is 27.6. The highest BCUT2D eigenvalue weighted by Gasteiger charge is 2.36. The normalized spacial score (nSPS) is 12.8. The first kappa shape index (κ1) is 23.8. The predicted octanol–water partition coefficient (Wildman–Crippen LogP) is 3.64. The van der Waals surface area contributed by atoms with Gasteiger partial charge in [-0.1, -0.05) is 18.2 Å². The van der Waals surface area contributed by atoms with Gasteiger partial charge in [0, 0.05) is 23.1 Å². The lowest BCUT2D eigenvalue weighted by atomic mass is 10.1. The van der Waals surface area contributed by atoms with Crippen LogP contribution in [-0.4, -0.2) is 36.1 Å². The Morgan fingerprint density at radius 2 is 1.54 bits per heavy atom. The van der Waals surface area contributed by atoms with Crippen LogP contribution in [0.15, 0.2) is 90.0 Å². The van der Waals surface area contributed by atoms with Crippen LogP contribution in [0, 0.1) is 6.92 Å². The molecule has 1 aromatic heterocycles. The van der Waals surface area contributed by atoms with Crippen LogP contribution in [0.2, 0.25) is 0 Å². The molecule has 3 amide bonds. The number of carbonyl (C=O) groups excluding carboxylic acids is 3. The second kappa shape index (κ2) is 9.28. The van der Waals surface area contributed by atoms with Gasteiger partial charge >= 0.3 is 0 Å². The van der Waals surface area contributed by atoms with E-state index in [0.29, 0.717) is 22.5 Å². The summed E-state index contributed by atoms with van der Waals surface area (Å²) in [5.41, 5.74) is 2.05. The van der Waals surface area contributed by atoms with Gasteiger partial charge in [-0.2, -0.15) is 0 Å². The number of hydrogen-bond donors (Lipinski definition) is 2. The monoisotopic (exact) mass is 513 g/mol. The lowest BCUT2D eigenvalue weighted by Gasteiger charge is -2.15. The molecule has 0 aliphatic carbocycles. The Morgan fingerprint density at radius 1 is 0.865 bits per heavy atom. The number of sulfonamides is 1. The molecule has 0 saturated carbocycles. The van der Waals surface area contributed by atoms with Gasteiger partial charge in [0.25, 0.3) is 27.7 Å². The number of amides is 3. The van der Waals surface area contributed by atoms with Gasteiger partial charge in [-0.25, -0.2) is 28.0 Å². The summed E-state index contributed by atoms with van der Waals surface area (Å²) in [4.78, 5) is 47.3. The maximum absolute atomic E-state index is 12.9. The van der Waals surface area contributed by atoms with Crippen molar-refractivity contribution in [1.82, 2.24) is 9.97 Å². The van der Waals surface area contributed by atoms with Gasteiger partial charge in [0.05, 0.1) is 21.7 Å². The third-order valence-corrected chi connectivity index (χ3v) is 6.95. The molecule has 2 N–H and O–H groups in total. The first-order valence-electron chi connectivity index (χ1n) is 11.0. The Kier molecular flexibility index (Phi) is 5.98. The quantitative estimate of drug-likeness (QED) is 0.375. The third-order valence-electron chi connectivity index (χ3n) is 5.60. The molecule has 0 saturated heterocycles. The SMILES string of the molecule is Cc1ccnc(NS(=O)(=O)c2ccc(NC(=O)c3cccc(N4C(=O)c5ccccc5C4=O)c3)cc2)n1. The molecule has 4 aromatic rings. The fourth-order valence-electron chi connectivity index (χ4n) is 3.81. The smallest absolute Gasteiger partial charge is 0.266 e. The molecule has 0 atom stereocenters. The first-order chi connectivity index (χ1) is 17.7. The number of anilines is 3. The van der Waals surface area contributed by atoms with Gasteiger partial charge in [0.15, 0.2) is 0 Å². The van der Waals surface area contributed by atoms with Crippen molar-refractivity contribution < 1.29 is 22.8 Å². The van der Waals surface area contributed by atoms with Crippen LogP contribution in [0.3, 0.4) is 0 Å². The van der Waals surface area contributed by atoms with Gasteiger partial charge < -0.3 is 5.32 Å². The molecule has 11 heteroatoms. The molecule has 0 fully saturated rings. The van der Waals surface area contributed by atoms with E-state index in [4.69, 9.17) is 0 Å². The van der Waals surface area contributed by atoms with E-state index in [1.54, 1.807) is 55.5 Å². The van der Waals surface area contributed by atoms with E-state index >= 15 is 0 Å². The lowest BCUT2D eigenvalue weighted by Crippen LogP contribution is -2.29. The van der Waals surface area contributed by atoms with Crippen LogP contribution in [0.1, 0.15) is 36.8 Å². The molecule has 1 aliphatic heterocycles. The van der Waals surface area contributed by atoms with Crippen molar-refractivity contribution in [3.8, 4) is 0 Å². The maximum atomic E-state index is 12.9. The number of carbonyl (C=O) groups is 3. The second-order valence-corrected chi connectivity index (χ2v) is 9.83. The Bertz CT molecular complexity index is 1630. The molecule has 10 nitrogen and oxygen atoms in total. The van der Waals surface area contributed by atoms with Crippen LogP contribution in [0.5, 0.6) is 0 Å². The highest BCUT2D eigenvalue weighted by Crippen LogP contribution is 2.29.